The third kappa shape index (κ3) is 2.22. The lowest BCUT2D eigenvalue weighted by molar-refractivity contribution is -0.0155. The Hall–Kier alpha value is -0.550. The SMILES string of the molecule is CC(C)(C)CC(O)C1(C#N)CCC1. The van der Waals surface area contributed by atoms with Crippen LogP contribution < -0.4 is 0 Å². The van der Waals surface area contributed by atoms with Gasteiger partial charge in [-0.3, -0.25) is 0 Å². The Kier molecular flexibility index (Phi) is 2.68. The third-order valence-electron chi connectivity index (χ3n) is 2.91. The second-order valence-electron chi connectivity index (χ2n) is 5.40. The highest BCUT2D eigenvalue weighted by Gasteiger charge is 2.44. The molecular formula is C11H19NO. The van der Waals surface area contributed by atoms with Crippen LogP contribution >= 0.6 is 0 Å². The summed E-state index contributed by atoms with van der Waals surface area (Å²) in [5, 5.41) is 18.9. The van der Waals surface area contributed by atoms with Crippen molar-refractivity contribution in [2.75, 3.05) is 0 Å². The van der Waals surface area contributed by atoms with Gasteiger partial charge in [0.15, 0.2) is 0 Å². The summed E-state index contributed by atoms with van der Waals surface area (Å²) in [7, 11) is 0. The number of hydrogen-bond donors (Lipinski definition) is 1. The van der Waals surface area contributed by atoms with Gasteiger partial charge >= 0.3 is 0 Å². The van der Waals surface area contributed by atoms with Crippen molar-refractivity contribution in [3.8, 4) is 6.07 Å². The molecule has 2 heteroatoms. The van der Waals surface area contributed by atoms with E-state index in [0.29, 0.717) is 0 Å². The van der Waals surface area contributed by atoms with Crippen molar-refractivity contribution >= 4 is 0 Å². The van der Waals surface area contributed by atoms with Crippen LogP contribution in [0.1, 0.15) is 46.5 Å². The van der Waals surface area contributed by atoms with Gasteiger partial charge in [0.25, 0.3) is 0 Å². The lowest BCUT2D eigenvalue weighted by Gasteiger charge is -2.41. The van der Waals surface area contributed by atoms with E-state index in [0.717, 1.165) is 25.7 Å². The molecule has 1 atom stereocenters. The Morgan fingerprint density at radius 2 is 2.00 bits per heavy atom. The van der Waals surface area contributed by atoms with Crippen molar-refractivity contribution in [1.82, 2.24) is 0 Å². The van der Waals surface area contributed by atoms with E-state index in [1.54, 1.807) is 0 Å². The molecule has 0 aromatic carbocycles. The highest BCUT2D eigenvalue weighted by Crippen LogP contribution is 2.46. The minimum Gasteiger partial charge on any atom is -0.391 e. The van der Waals surface area contributed by atoms with Gasteiger partial charge in [-0.25, -0.2) is 0 Å². The van der Waals surface area contributed by atoms with Gasteiger partial charge in [-0.05, 0) is 24.7 Å². The van der Waals surface area contributed by atoms with Gasteiger partial charge in [0, 0.05) is 0 Å². The van der Waals surface area contributed by atoms with Crippen LogP contribution in [-0.2, 0) is 0 Å². The summed E-state index contributed by atoms with van der Waals surface area (Å²) in [6.45, 7) is 6.29. The largest absolute Gasteiger partial charge is 0.391 e. The topological polar surface area (TPSA) is 44.0 Å². The van der Waals surface area contributed by atoms with E-state index in [9.17, 15) is 5.11 Å². The van der Waals surface area contributed by atoms with Crippen molar-refractivity contribution in [3.05, 3.63) is 0 Å². The number of rotatable bonds is 2. The molecule has 1 rings (SSSR count). The molecule has 2 nitrogen and oxygen atoms in total. The Labute approximate surface area is 80.6 Å². The fourth-order valence-corrected chi connectivity index (χ4v) is 1.85. The van der Waals surface area contributed by atoms with E-state index >= 15 is 0 Å². The molecule has 0 saturated heterocycles. The summed E-state index contributed by atoms with van der Waals surface area (Å²) in [6, 6.07) is 2.29. The zero-order valence-electron chi connectivity index (χ0n) is 8.80. The van der Waals surface area contributed by atoms with Crippen LogP contribution in [0.3, 0.4) is 0 Å². The molecule has 0 radical (unpaired) electrons. The molecule has 1 saturated carbocycles. The molecule has 74 valence electrons. The molecule has 1 aliphatic rings. The molecule has 13 heavy (non-hydrogen) atoms. The van der Waals surface area contributed by atoms with Crippen LogP contribution in [0.25, 0.3) is 0 Å². The van der Waals surface area contributed by atoms with E-state index in [-0.39, 0.29) is 5.41 Å². The second-order valence-corrected chi connectivity index (χ2v) is 5.40. The number of nitriles is 1. The Bertz CT molecular complexity index is 217. The molecule has 1 N–H and O–H groups in total. The maximum atomic E-state index is 9.93. The number of hydrogen-bond acceptors (Lipinski definition) is 2. The van der Waals surface area contributed by atoms with Crippen molar-refractivity contribution < 1.29 is 5.11 Å². The van der Waals surface area contributed by atoms with E-state index in [4.69, 9.17) is 5.26 Å². The van der Waals surface area contributed by atoms with E-state index < -0.39 is 11.5 Å². The van der Waals surface area contributed by atoms with Crippen LogP contribution in [0.2, 0.25) is 0 Å². The fraction of sp³-hybridized carbons (Fsp3) is 0.909. The van der Waals surface area contributed by atoms with Crippen LogP contribution in [0, 0.1) is 22.2 Å². The minimum atomic E-state index is -0.439. The smallest absolute Gasteiger partial charge is 0.0832 e. The zero-order valence-corrected chi connectivity index (χ0v) is 8.80. The summed E-state index contributed by atoms with van der Waals surface area (Å²) in [5.41, 5.74) is -0.299. The minimum absolute atomic E-state index is 0.110. The molecule has 1 aliphatic carbocycles. The third-order valence-corrected chi connectivity index (χ3v) is 2.91. The first-order valence-corrected chi connectivity index (χ1v) is 4.99. The lowest BCUT2D eigenvalue weighted by atomic mass is 9.63. The van der Waals surface area contributed by atoms with Gasteiger partial charge in [-0.1, -0.05) is 27.2 Å². The van der Waals surface area contributed by atoms with Gasteiger partial charge in [-0.2, -0.15) is 5.26 Å². The Balaban J connectivity index is 2.57. The summed E-state index contributed by atoms with van der Waals surface area (Å²) in [5.74, 6) is 0. The maximum Gasteiger partial charge on any atom is 0.0832 e. The number of aliphatic hydroxyl groups excluding tert-OH is 1. The first kappa shape index (κ1) is 10.5. The van der Waals surface area contributed by atoms with Gasteiger partial charge < -0.3 is 5.11 Å². The van der Waals surface area contributed by atoms with E-state index in [1.165, 1.54) is 0 Å². The van der Waals surface area contributed by atoms with Crippen LogP contribution in [0.15, 0.2) is 0 Å². The van der Waals surface area contributed by atoms with Crippen molar-refractivity contribution in [1.29, 1.82) is 5.26 Å². The number of aliphatic hydroxyl groups is 1. The normalized spacial score (nSPS) is 23.0. The molecular weight excluding hydrogens is 162 g/mol. The highest BCUT2D eigenvalue weighted by atomic mass is 16.3. The molecule has 0 heterocycles. The van der Waals surface area contributed by atoms with Gasteiger partial charge in [0.05, 0.1) is 17.6 Å². The molecule has 0 aromatic heterocycles. The molecule has 1 fully saturated rings. The van der Waals surface area contributed by atoms with E-state index in [1.807, 2.05) is 0 Å². The number of nitrogens with zero attached hydrogens (tertiary/aromatic N) is 1. The van der Waals surface area contributed by atoms with Crippen LogP contribution in [-0.4, -0.2) is 11.2 Å². The zero-order chi connectivity index (χ0) is 10.1. The van der Waals surface area contributed by atoms with Gasteiger partial charge in [-0.15, -0.1) is 0 Å². The quantitative estimate of drug-likeness (QED) is 0.711. The Morgan fingerprint density at radius 3 is 2.23 bits per heavy atom. The average Bonchev–Trinajstić information content (AvgIpc) is 1.80. The second kappa shape index (κ2) is 3.31. The summed E-state index contributed by atoms with van der Waals surface area (Å²) < 4.78 is 0. The fourth-order valence-electron chi connectivity index (χ4n) is 1.85. The average molecular weight is 181 g/mol. The van der Waals surface area contributed by atoms with Gasteiger partial charge in [0.2, 0.25) is 0 Å². The summed E-state index contributed by atoms with van der Waals surface area (Å²) in [6.07, 6.45) is 3.13. The van der Waals surface area contributed by atoms with Crippen molar-refractivity contribution in [2.24, 2.45) is 10.8 Å². The molecule has 1 unspecified atom stereocenters. The highest BCUT2D eigenvalue weighted by molar-refractivity contribution is 5.09. The Morgan fingerprint density at radius 1 is 1.46 bits per heavy atom. The summed E-state index contributed by atoms with van der Waals surface area (Å²) in [4.78, 5) is 0. The molecule has 0 amide bonds. The van der Waals surface area contributed by atoms with Crippen molar-refractivity contribution in [2.45, 2.75) is 52.6 Å². The molecule has 0 bridgehead atoms. The first-order valence-electron chi connectivity index (χ1n) is 4.99. The predicted octanol–water partition coefficient (Wildman–Crippen LogP) is 2.48. The van der Waals surface area contributed by atoms with Crippen LogP contribution in [0.5, 0.6) is 0 Å². The monoisotopic (exact) mass is 181 g/mol. The van der Waals surface area contributed by atoms with Crippen molar-refractivity contribution in [3.63, 3.8) is 0 Å². The molecule has 0 spiro atoms. The lowest BCUT2D eigenvalue weighted by Crippen LogP contribution is -2.41. The molecule has 0 aromatic rings. The first-order chi connectivity index (χ1) is 5.90. The standard InChI is InChI=1S/C11H19NO/c1-10(2,3)7-9(13)11(8-12)5-4-6-11/h9,13H,4-7H2,1-3H3. The van der Waals surface area contributed by atoms with Gasteiger partial charge in [0.1, 0.15) is 0 Å². The molecule has 0 aliphatic heterocycles. The maximum absolute atomic E-state index is 9.93. The van der Waals surface area contributed by atoms with Crippen LogP contribution in [0.4, 0.5) is 0 Å². The van der Waals surface area contributed by atoms with E-state index in [2.05, 4.69) is 26.8 Å². The summed E-state index contributed by atoms with van der Waals surface area (Å²) >= 11 is 0. The predicted molar refractivity (Wildman–Crippen MR) is 52.0 cm³/mol.